The van der Waals surface area contributed by atoms with Crippen LogP contribution in [-0.4, -0.2) is 16.2 Å². The molecule has 0 spiro atoms. The van der Waals surface area contributed by atoms with Crippen LogP contribution in [0.25, 0.3) is 0 Å². The first-order valence-corrected chi connectivity index (χ1v) is 3.73. The molecule has 5 heteroatoms. The first kappa shape index (κ1) is 8.99. The summed E-state index contributed by atoms with van der Waals surface area (Å²) in [7, 11) is 0. The van der Waals surface area contributed by atoms with E-state index in [2.05, 4.69) is 15.9 Å². The zero-order valence-electron chi connectivity index (χ0n) is 5.71. The Morgan fingerprint density at radius 2 is 2.08 bits per heavy atom. The van der Waals surface area contributed by atoms with Crippen LogP contribution < -0.4 is 0 Å². The maximum atomic E-state index is 12.8. The molecular formula is C7H4BrFO3. The molecule has 0 unspecified atom stereocenters. The third-order valence-electron chi connectivity index (χ3n) is 1.25. The molecule has 0 atom stereocenters. The van der Waals surface area contributed by atoms with Gasteiger partial charge in [0.1, 0.15) is 17.1 Å². The minimum absolute atomic E-state index is 0.294. The van der Waals surface area contributed by atoms with Crippen LogP contribution in [0, 0.1) is 5.82 Å². The Bertz CT molecular complexity index is 314. The summed E-state index contributed by atoms with van der Waals surface area (Å²) in [5.41, 5.74) is -0.710. The van der Waals surface area contributed by atoms with Gasteiger partial charge in [-0.1, -0.05) is 15.9 Å². The van der Waals surface area contributed by atoms with Crippen molar-refractivity contribution in [2.24, 2.45) is 0 Å². The molecule has 0 saturated heterocycles. The minimum atomic E-state index is -1.49. The van der Waals surface area contributed by atoms with Crippen molar-refractivity contribution < 1.29 is 19.4 Å². The molecule has 1 aromatic rings. The van der Waals surface area contributed by atoms with Crippen LogP contribution in [0.2, 0.25) is 0 Å². The molecule has 1 rings (SSSR count). The molecule has 0 aliphatic carbocycles. The van der Waals surface area contributed by atoms with Crippen molar-refractivity contribution in [2.75, 3.05) is 0 Å². The lowest BCUT2D eigenvalue weighted by molar-refractivity contribution is 0.0688. The van der Waals surface area contributed by atoms with Gasteiger partial charge in [0.2, 0.25) is 0 Å². The molecule has 0 aromatic heterocycles. The molecule has 0 aliphatic heterocycles. The highest BCUT2D eigenvalue weighted by molar-refractivity contribution is 9.10. The predicted molar refractivity (Wildman–Crippen MR) is 42.7 cm³/mol. The molecule has 1 aromatic carbocycles. The lowest BCUT2D eigenvalue weighted by Crippen LogP contribution is -2.00. The van der Waals surface area contributed by atoms with Gasteiger partial charge in [-0.05, 0) is 12.1 Å². The topological polar surface area (TPSA) is 57.5 Å². The van der Waals surface area contributed by atoms with Crippen molar-refractivity contribution >= 4 is 21.9 Å². The van der Waals surface area contributed by atoms with Gasteiger partial charge in [-0.15, -0.1) is 0 Å². The molecule has 0 fully saturated rings. The van der Waals surface area contributed by atoms with Gasteiger partial charge in [-0.25, -0.2) is 9.18 Å². The van der Waals surface area contributed by atoms with Crippen molar-refractivity contribution in [3.8, 4) is 5.75 Å². The van der Waals surface area contributed by atoms with Crippen LogP contribution in [0.1, 0.15) is 10.4 Å². The van der Waals surface area contributed by atoms with E-state index in [0.29, 0.717) is 4.47 Å². The van der Waals surface area contributed by atoms with Crippen LogP contribution in [0.5, 0.6) is 5.75 Å². The molecular weight excluding hydrogens is 231 g/mol. The fraction of sp³-hybridized carbons (Fsp3) is 0. The van der Waals surface area contributed by atoms with Gasteiger partial charge in [0.05, 0.1) is 0 Å². The van der Waals surface area contributed by atoms with Crippen LogP contribution in [0.4, 0.5) is 4.39 Å². The normalized spacial score (nSPS) is 9.83. The van der Waals surface area contributed by atoms with Gasteiger partial charge in [0, 0.05) is 4.47 Å². The van der Waals surface area contributed by atoms with Crippen molar-refractivity contribution in [2.45, 2.75) is 0 Å². The maximum absolute atomic E-state index is 12.8. The molecule has 0 amide bonds. The van der Waals surface area contributed by atoms with E-state index in [-0.39, 0.29) is 0 Å². The summed E-state index contributed by atoms with van der Waals surface area (Å²) in [5.74, 6) is -3.04. The standard InChI is InChI=1S/C7H4BrFO3/c8-3-1-4(9)6(7(11)12)5(10)2-3/h1-2,10H,(H,11,12). The van der Waals surface area contributed by atoms with E-state index >= 15 is 0 Å². The van der Waals surface area contributed by atoms with E-state index in [1.54, 1.807) is 0 Å². The average molecular weight is 235 g/mol. The third kappa shape index (κ3) is 1.55. The summed E-state index contributed by atoms with van der Waals surface area (Å²) >= 11 is 2.90. The highest BCUT2D eigenvalue weighted by Crippen LogP contribution is 2.25. The number of benzene rings is 1. The van der Waals surface area contributed by atoms with Crippen LogP contribution >= 0.6 is 15.9 Å². The number of aromatic carboxylic acids is 1. The van der Waals surface area contributed by atoms with Gasteiger partial charge >= 0.3 is 5.97 Å². The Kier molecular flexibility index (Phi) is 2.32. The van der Waals surface area contributed by atoms with Gasteiger partial charge in [-0.3, -0.25) is 0 Å². The highest BCUT2D eigenvalue weighted by Gasteiger charge is 2.16. The quantitative estimate of drug-likeness (QED) is 0.782. The third-order valence-corrected chi connectivity index (χ3v) is 1.71. The summed E-state index contributed by atoms with van der Waals surface area (Å²) in [6, 6.07) is 2.09. The Hall–Kier alpha value is -1.10. The second kappa shape index (κ2) is 3.10. The molecule has 3 nitrogen and oxygen atoms in total. The monoisotopic (exact) mass is 234 g/mol. The smallest absolute Gasteiger partial charge is 0.342 e. The molecule has 0 aliphatic rings. The molecule has 2 N–H and O–H groups in total. The van der Waals surface area contributed by atoms with Crippen LogP contribution in [-0.2, 0) is 0 Å². The number of phenols is 1. The lowest BCUT2D eigenvalue weighted by atomic mass is 10.2. The SMILES string of the molecule is O=C(O)c1c(O)cc(Br)cc1F. The lowest BCUT2D eigenvalue weighted by Gasteiger charge is -2.00. The van der Waals surface area contributed by atoms with Crippen molar-refractivity contribution in [3.63, 3.8) is 0 Å². The molecule has 12 heavy (non-hydrogen) atoms. The predicted octanol–water partition coefficient (Wildman–Crippen LogP) is 1.99. The molecule has 0 radical (unpaired) electrons. The fourth-order valence-corrected chi connectivity index (χ4v) is 1.19. The largest absolute Gasteiger partial charge is 0.507 e. The van der Waals surface area contributed by atoms with E-state index in [1.165, 1.54) is 0 Å². The summed E-state index contributed by atoms with van der Waals surface area (Å²) < 4.78 is 13.1. The van der Waals surface area contributed by atoms with Gasteiger partial charge in [0.15, 0.2) is 0 Å². The van der Waals surface area contributed by atoms with E-state index in [1.807, 2.05) is 0 Å². The maximum Gasteiger partial charge on any atom is 0.342 e. The van der Waals surface area contributed by atoms with E-state index in [0.717, 1.165) is 12.1 Å². The summed E-state index contributed by atoms with van der Waals surface area (Å²) in [5, 5.41) is 17.4. The second-order valence-corrected chi connectivity index (χ2v) is 3.00. The Balaban J connectivity index is 3.38. The van der Waals surface area contributed by atoms with Crippen molar-refractivity contribution in [1.82, 2.24) is 0 Å². The van der Waals surface area contributed by atoms with Crippen molar-refractivity contribution in [1.29, 1.82) is 0 Å². The molecule has 64 valence electrons. The Labute approximate surface area is 75.6 Å². The summed E-state index contributed by atoms with van der Waals surface area (Å²) in [6.07, 6.45) is 0. The summed E-state index contributed by atoms with van der Waals surface area (Å²) in [4.78, 5) is 10.3. The van der Waals surface area contributed by atoms with E-state index in [9.17, 15) is 9.18 Å². The number of aromatic hydroxyl groups is 1. The van der Waals surface area contributed by atoms with Crippen molar-refractivity contribution in [3.05, 3.63) is 28.0 Å². The number of rotatable bonds is 1. The number of hydrogen-bond acceptors (Lipinski definition) is 2. The second-order valence-electron chi connectivity index (χ2n) is 2.09. The first-order valence-electron chi connectivity index (χ1n) is 2.93. The highest BCUT2D eigenvalue weighted by atomic mass is 79.9. The molecule has 0 bridgehead atoms. The van der Waals surface area contributed by atoms with Crippen LogP contribution in [0.15, 0.2) is 16.6 Å². The Morgan fingerprint density at radius 1 is 1.50 bits per heavy atom. The van der Waals surface area contributed by atoms with E-state index in [4.69, 9.17) is 10.2 Å². The molecule has 0 saturated carbocycles. The molecule has 0 heterocycles. The van der Waals surface area contributed by atoms with Gasteiger partial charge < -0.3 is 10.2 Å². The zero-order valence-corrected chi connectivity index (χ0v) is 7.30. The fourth-order valence-electron chi connectivity index (χ4n) is 0.772. The number of carboxylic acid groups (broad SMARTS) is 1. The first-order chi connectivity index (χ1) is 5.52. The number of carbonyl (C=O) groups is 1. The van der Waals surface area contributed by atoms with Gasteiger partial charge in [0.25, 0.3) is 0 Å². The van der Waals surface area contributed by atoms with Gasteiger partial charge in [-0.2, -0.15) is 0 Å². The zero-order chi connectivity index (χ0) is 9.30. The summed E-state index contributed by atoms with van der Waals surface area (Å²) in [6.45, 7) is 0. The van der Waals surface area contributed by atoms with Crippen LogP contribution in [0.3, 0.4) is 0 Å². The van der Waals surface area contributed by atoms with E-state index < -0.39 is 23.1 Å². The number of halogens is 2. The minimum Gasteiger partial charge on any atom is -0.507 e. The average Bonchev–Trinajstić information content (AvgIpc) is 1.82. The number of carboxylic acids is 1. The number of hydrogen-bond donors (Lipinski definition) is 2. The Morgan fingerprint density at radius 3 is 2.50 bits per heavy atom.